The van der Waals surface area contributed by atoms with E-state index in [4.69, 9.17) is 23.2 Å². The maximum atomic E-state index is 14.3. The SMILES string of the molecule is CCCC(CCC)c1c(Cl)nnc(Cl)c1-c1c(F)cc(F)cc1F. The van der Waals surface area contributed by atoms with E-state index in [0.29, 0.717) is 17.7 Å². The predicted octanol–water partition coefficient (Wildman–Crippen LogP) is 6.55. The van der Waals surface area contributed by atoms with Crippen LogP contribution in [0.1, 0.15) is 51.0 Å². The highest BCUT2D eigenvalue weighted by molar-refractivity contribution is 6.34. The molecule has 0 unspecified atom stereocenters. The van der Waals surface area contributed by atoms with Crippen LogP contribution in [0.4, 0.5) is 13.2 Å². The average Bonchev–Trinajstić information content (AvgIpc) is 2.50. The average molecular weight is 377 g/mol. The molecule has 0 radical (unpaired) electrons. The molecular formula is C17H17Cl2F3N2. The van der Waals surface area contributed by atoms with Crippen molar-refractivity contribution in [3.63, 3.8) is 0 Å². The molecule has 2 rings (SSSR count). The maximum Gasteiger partial charge on any atom is 0.160 e. The summed E-state index contributed by atoms with van der Waals surface area (Å²) >= 11 is 12.3. The van der Waals surface area contributed by atoms with Crippen LogP contribution in [0.25, 0.3) is 11.1 Å². The summed E-state index contributed by atoms with van der Waals surface area (Å²) in [5.41, 5.74) is 0.0914. The van der Waals surface area contributed by atoms with E-state index in [9.17, 15) is 13.2 Å². The van der Waals surface area contributed by atoms with Crippen LogP contribution >= 0.6 is 23.2 Å². The molecule has 0 spiro atoms. The van der Waals surface area contributed by atoms with E-state index in [2.05, 4.69) is 10.2 Å². The summed E-state index contributed by atoms with van der Waals surface area (Å²) in [6.45, 7) is 4.01. The van der Waals surface area contributed by atoms with Gasteiger partial charge in [0.2, 0.25) is 0 Å². The topological polar surface area (TPSA) is 25.8 Å². The van der Waals surface area contributed by atoms with Crippen LogP contribution in [-0.2, 0) is 0 Å². The minimum absolute atomic E-state index is 0.0542. The molecule has 0 fully saturated rings. The van der Waals surface area contributed by atoms with Gasteiger partial charge < -0.3 is 0 Å². The summed E-state index contributed by atoms with van der Waals surface area (Å²) in [5.74, 6) is -3.17. The zero-order chi connectivity index (χ0) is 17.9. The van der Waals surface area contributed by atoms with Crippen LogP contribution in [0.3, 0.4) is 0 Å². The molecule has 130 valence electrons. The second-order valence-corrected chi connectivity index (χ2v) is 6.31. The van der Waals surface area contributed by atoms with Crippen LogP contribution in [-0.4, -0.2) is 10.2 Å². The van der Waals surface area contributed by atoms with Crippen molar-refractivity contribution in [2.45, 2.75) is 45.4 Å². The molecule has 0 aliphatic carbocycles. The summed E-state index contributed by atoms with van der Waals surface area (Å²) in [4.78, 5) is 0. The third-order valence-corrected chi connectivity index (χ3v) is 4.41. The molecule has 0 aliphatic heterocycles. The van der Waals surface area contributed by atoms with Crippen molar-refractivity contribution in [1.29, 1.82) is 0 Å². The summed E-state index contributed by atoms with van der Waals surface area (Å²) in [6, 6.07) is 1.23. The second kappa shape index (κ2) is 8.17. The van der Waals surface area contributed by atoms with Gasteiger partial charge in [0.1, 0.15) is 17.5 Å². The Morgan fingerprint density at radius 2 is 1.38 bits per heavy atom. The molecule has 2 nitrogen and oxygen atoms in total. The van der Waals surface area contributed by atoms with E-state index in [0.717, 1.165) is 25.7 Å². The van der Waals surface area contributed by atoms with Crippen LogP contribution in [0.15, 0.2) is 12.1 Å². The first-order valence-electron chi connectivity index (χ1n) is 7.77. The first kappa shape index (κ1) is 19.0. The number of nitrogens with zero attached hydrogens (tertiary/aromatic N) is 2. The standard InChI is InChI=1S/C17H17Cl2F3N2/c1-3-5-9(6-4-2)13-15(17(19)24-23-16(13)18)14-11(21)7-10(20)8-12(14)22/h7-9H,3-6H2,1-2H3. The maximum absolute atomic E-state index is 14.3. The summed E-state index contributed by atoms with van der Waals surface area (Å²) in [6.07, 6.45) is 3.23. The summed E-state index contributed by atoms with van der Waals surface area (Å²) in [7, 11) is 0. The number of hydrogen-bond acceptors (Lipinski definition) is 2. The van der Waals surface area contributed by atoms with Crippen molar-refractivity contribution in [2.75, 3.05) is 0 Å². The molecule has 1 aromatic heterocycles. The Bertz CT molecular complexity index is 709. The zero-order valence-corrected chi connectivity index (χ0v) is 14.9. The molecule has 1 heterocycles. The fraction of sp³-hybridized carbons (Fsp3) is 0.412. The molecule has 0 saturated heterocycles. The van der Waals surface area contributed by atoms with Crippen LogP contribution < -0.4 is 0 Å². The molecule has 0 amide bonds. The van der Waals surface area contributed by atoms with Gasteiger partial charge in [-0.25, -0.2) is 13.2 Å². The van der Waals surface area contributed by atoms with Gasteiger partial charge in [0.25, 0.3) is 0 Å². The molecule has 0 bridgehead atoms. The third kappa shape index (κ3) is 3.83. The van der Waals surface area contributed by atoms with Gasteiger partial charge in [0.05, 0.1) is 5.56 Å². The van der Waals surface area contributed by atoms with Crippen molar-refractivity contribution < 1.29 is 13.2 Å². The Morgan fingerprint density at radius 3 is 1.88 bits per heavy atom. The van der Waals surface area contributed by atoms with Crippen LogP contribution in [0.5, 0.6) is 0 Å². The van der Waals surface area contributed by atoms with Crippen molar-refractivity contribution in [3.05, 3.63) is 45.5 Å². The molecule has 24 heavy (non-hydrogen) atoms. The first-order valence-corrected chi connectivity index (χ1v) is 8.52. The van der Waals surface area contributed by atoms with E-state index in [1.54, 1.807) is 0 Å². The van der Waals surface area contributed by atoms with Gasteiger partial charge in [-0.1, -0.05) is 49.9 Å². The van der Waals surface area contributed by atoms with Crippen molar-refractivity contribution in [2.24, 2.45) is 0 Å². The van der Waals surface area contributed by atoms with E-state index >= 15 is 0 Å². The largest absolute Gasteiger partial charge is 0.207 e. The molecule has 0 aliphatic rings. The van der Waals surface area contributed by atoms with E-state index in [1.807, 2.05) is 13.8 Å². The highest BCUT2D eigenvalue weighted by Gasteiger charge is 2.27. The summed E-state index contributed by atoms with van der Waals surface area (Å²) < 4.78 is 41.8. The lowest BCUT2D eigenvalue weighted by atomic mass is 9.86. The van der Waals surface area contributed by atoms with Gasteiger partial charge in [-0.2, -0.15) is 0 Å². The van der Waals surface area contributed by atoms with Crippen LogP contribution in [0.2, 0.25) is 10.3 Å². The smallest absolute Gasteiger partial charge is 0.160 e. The van der Waals surface area contributed by atoms with Crippen molar-refractivity contribution in [1.82, 2.24) is 10.2 Å². The minimum atomic E-state index is -1.05. The highest BCUT2D eigenvalue weighted by atomic mass is 35.5. The van der Waals surface area contributed by atoms with Gasteiger partial charge in [-0.15, -0.1) is 10.2 Å². The minimum Gasteiger partial charge on any atom is -0.207 e. The lowest BCUT2D eigenvalue weighted by Crippen LogP contribution is -2.07. The Kier molecular flexibility index (Phi) is 6.47. The molecule has 1 aromatic carbocycles. The Balaban J connectivity index is 2.77. The fourth-order valence-electron chi connectivity index (χ4n) is 2.93. The molecule has 2 aromatic rings. The molecular weight excluding hydrogens is 360 g/mol. The number of benzene rings is 1. The second-order valence-electron chi connectivity index (χ2n) is 5.59. The van der Waals surface area contributed by atoms with E-state index in [-0.39, 0.29) is 21.8 Å². The zero-order valence-electron chi connectivity index (χ0n) is 13.3. The van der Waals surface area contributed by atoms with E-state index < -0.39 is 23.0 Å². The Labute approximate surface area is 149 Å². The summed E-state index contributed by atoms with van der Waals surface area (Å²) in [5, 5.41) is 7.37. The lowest BCUT2D eigenvalue weighted by Gasteiger charge is -2.21. The molecule has 0 saturated carbocycles. The number of hydrogen-bond donors (Lipinski definition) is 0. The van der Waals surface area contributed by atoms with Gasteiger partial charge in [0.15, 0.2) is 10.3 Å². The Hall–Kier alpha value is -1.33. The fourth-order valence-corrected chi connectivity index (χ4v) is 3.45. The monoisotopic (exact) mass is 376 g/mol. The predicted molar refractivity (Wildman–Crippen MR) is 89.9 cm³/mol. The van der Waals surface area contributed by atoms with Crippen molar-refractivity contribution >= 4 is 23.2 Å². The number of rotatable bonds is 6. The molecule has 0 atom stereocenters. The van der Waals surface area contributed by atoms with Gasteiger partial charge >= 0.3 is 0 Å². The van der Waals surface area contributed by atoms with Gasteiger partial charge in [0, 0.05) is 23.3 Å². The number of halogens is 5. The molecule has 0 N–H and O–H groups in total. The van der Waals surface area contributed by atoms with Gasteiger partial charge in [-0.3, -0.25) is 0 Å². The van der Waals surface area contributed by atoms with E-state index in [1.165, 1.54) is 0 Å². The Morgan fingerprint density at radius 1 is 0.875 bits per heavy atom. The van der Waals surface area contributed by atoms with Crippen molar-refractivity contribution in [3.8, 4) is 11.1 Å². The quantitative estimate of drug-likeness (QED) is 0.570. The highest BCUT2D eigenvalue weighted by Crippen LogP contribution is 2.42. The third-order valence-electron chi connectivity index (χ3n) is 3.86. The van der Waals surface area contributed by atoms with Crippen LogP contribution in [0, 0.1) is 17.5 Å². The van der Waals surface area contributed by atoms with Gasteiger partial charge in [-0.05, 0) is 18.8 Å². The number of aromatic nitrogens is 2. The lowest BCUT2D eigenvalue weighted by molar-refractivity contribution is 0.543. The first-order chi connectivity index (χ1) is 11.4. The normalized spacial score (nSPS) is 11.3. The molecule has 7 heteroatoms.